The molecule has 2 N–H and O–H groups in total. The first-order chi connectivity index (χ1) is 17.5. The van der Waals surface area contributed by atoms with Crippen LogP contribution in [0.1, 0.15) is 60.9 Å². The molecule has 2 aliphatic rings. The summed E-state index contributed by atoms with van der Waals surface area (Å²) in [5.74, 6) is 1.06. The smallest absolute Gasteiger partial charge is 0.321 e. The Hall–Kier alpha value is -3.55. The van der Waals surface area contributed by atoms with E-state index >= 15 is 0 Å². The van der Waals surface area contributed by atoms with Crippen LogP contribution in [-0.4, -0.2) is 67.0 Å². The van der Waals surface area contributed by atoms with E-state index in [-0.39, 0.29) is 23.8 Å². The Labute approximate surface area is 213 Å². The van der Waals surface area contributed by atoms with E-state index in [0.717, 1.165) is 49.2 Å². The van der Waals surface area contributed by atoms with Gasteiger partial charge in [0.25, 0.3) is 5.91 Å². The van der Waals surface area contributed by atoms with Crippen molar-refractivity contribution in [2.24, 2.45) is 0 Å². The lowest BCUT2D eigenvalue weighted by Gasteiger charge is -2.33. The van der Waals surface area contributed by atoms with Crippen molar-refractivity contribution in [3.05, 3.63) is 59.7 Å². The lowest BCUT2D eigenvalue weighted by atomic mass is 9.89. The molecule has 0 saturated carbocycles. The maximum Gasteiger partial charge on any atom is 0.321 e. The van der Waals surface area contributed by atoms with Crippen molar-refractivity contribution in [3.8, 4) is 5.75 Å². The highest BCUT2D eigenvalue weighted by molar-refractivity contribution is 5.94. The molecule has 0 spiro atoms. The average molecular weight is 493 g/mol. The summed E-state index contributed by atoms with van der Waals surface area (Å²) in [4.78, 5) is 41.0. The van der Waals surface area contributed by atoms with Gasteiger partial charge in [-0.3, -0.25) is 9.59 Å². The summed E-state index contributed by atoms with van der Waals surface area (Å²) in [5, 5.41) is 5.95. The molecule has 0 unspecified atom stereocenters. The highest BCUT2D eigenvalue weighted by Crippen LogP contribution is 2.28. The number of nitrogens with one attached hydrogen (secondary N) is 2. The molecule has 0 bridgehead atoms. The zero-order valence-corrected chi connectivity index (χ0v) is 21.0. The number of likely N-dealkylation sites (tertiary alicyclic amines) is 2. The van der Waals surface area contributed by atoms with Gasteiger partial charge in [0.2, 0.25) is 5.91 Å². The number of carbonyl (C=O) groups excluding carboxylic acids is 3. The van der Waals surface area contributed by atoms with Crippen LogP contribution >= 0.6 is 0 Å². The van der Waals surface area contributed by atoms with E-state index in [1.165, 1.54) is 0 Å². The second kappa shape index (κ2) is 12.4. The predicted octanol–water partition coefficient (Wildman–Crippen LogP) is 4.24. The van der Waals surface area contributed by atoms with Gasteiger partial charge in [-0.2, -0.15) is 0 Å². The summed E-state index contributed by atoms with van der Waals surface area (Å²) in [6.07, 6.45) is 4.20. The molecule has 2 fully saturated rings. The minimum atomic E-state index is -0.116. The van der Waals surface area contributed by atoms with Crippen LogP contribution in [0, 0.1) is 0 Å². The Balaban J connectivity index is 1.28. The number of carbonyl (C=O) groups is 3. The zero-order chi connectivity index (χ0) is 25.3. The Morgan fingerprint density at radius 2 is 1.92 bits per heavy atom. The molecule has 0 aromatic heterocycles. The summed E-state index contributed by atoms with van der Waals surface area (Å²) in [6, 6.07) is 15.0. The Bertz CT molecular complexity index is 1060. The van der Waals surface area contributed by atoms with E-state index in [1.807, 2.05) is 65.3 Å². The van der Waals surface area contributed by atoms with Crippen LogP contribution < -0.4 is 15.4 Å². The third-order valence-corrected chi connectivity index (χ3v) is 6.81. The van der Waals surface area contributed by atoms with E-state index in [4.69, 9.17) is 4.74 Å². The number of rotatable bonds is 9. The van der Waals surface area contributed by atoms with E-state index < -0.39 is 0 Å². The van der Waals surface area contributed by atoms with E-state index in [0.29, 0.717) is 44.8 Å². The van der Waals surface area contributed by atoms with Crippen LogP contribution in [0.5, 0.6) is 5.75 Å². The van der Waals surface area contributed by atoms with Crippen molar-refractivity contribution >= 4 is 23.5 Å². The van der Waals surface area contributed by atoms with Crippen molar-refractivity contribution < 1.29 is 19.1 Å². The van der Waals surface area contributed by atoms with E-state index in [2.05, 4.69) is 10.6 Å². The number of hydrogen-bond acceptors (Lipinski definition) is 4. The van der Waals surface area contributed by atoms with Crippen LogP contribution in [0.15, 0.2) is 48.5 Å². The van der Waals surface area contributed by atoms with Gasteiger partial charge in [0, 0.05) is 56.3 Å². The molecule has 2 aromatic rings. The van der Waals surface area contributed by atoms with Gasteiger partial charge in [0.1, 0.15) is 5.75 Å². The lowest BCUT2D eigenvalue weighted by molar-refractivity contribution is -0.127. The zero-order valence-electron chi connectivity index (χ0n) is 21.0. The Morgan fingerprint density at radius 3 is 2.67 bits per heavy atom. The molecule has 2 saturated heterocycles. The molecule has 192 valence electrons. The van der Waals surface area contributed by atoms with Crippen molar-refractivity contribution in [1.29, 1.82) is 0 Å². The molecule has 4 rings (SSSR count). The molecule has 2 heterocycles. The highest BCUT2D eigenvalue weighted by atomic mass is 16.5. The minimum Gasteiger partial charge on any atom is -0.494 e. The number of urea groups is 1. The van der Waals surface area contributed by atoms with E-state index in [1.54, 1.807) is 0 Å². The maximum absolute atomic E-state index is 12.9. The van der Waals surface area contributed by atoms with Crippen LogP contribution in [-0.2, 0) is 4.79 Å². The number of ether oxygens (including phenoxy) is 1. The van der Waals surface area contributed by atoms with Crippen LogP contribution in [0.2, 0.25) is 0 Å². The van der Waals surface area contributed by atoms with Crippen molar-refractivity contribution in [3.63, 3.8) is 0 Å². The van der Waals surface area contributed by atoms with Gasteiger partial charge in [0.05, 0.1) is 6.61 Å². The molecule has 8 nitrogen and oxygen atoms in total. The van der Waals surface area contributed by atoms with Gasteiger partial charge in [-0.25, -0.2) is 4.79 Å². The van der Waals surface area contributed by atoms with Crippen molar-refractivity contribution in [1.82, 2.24) is 15.1 Å². The number of benzene rings is 2. The second-order valence-corrected chi connectivity index (χ2v) is 9.39. The van der Waals surface area contributed by atoms with Crippen molar-refractivity contribution in [2.45, 2.75) is 44.9 Å². The molecule has 0 aliphatic carbocycles. The molecule has 4 amide bonds. The number of nitrogens with zero attached hydrogens (tertiary/aromatic N) is 2. The van der Waals surface area contributed by atoms with E-state index in [9.17, 15) is 14.4 Å². The fourth-order valence-corrected chi connectivity index (χ4v) is 4.89. The predicted molar refractivity (Wildman–Crippen MR) is 139 cm³/mol. The SMILES string of the molecule is CCOc1ccc(NC(=O)N2CCC[C@H](c3cccc(C(=O)NCCCN4CCCC4=O)c3)C2)cc1. The topological polar surface area (TPSA) is 91.0 Å². The van der Waals surface area contributed by atoms with Gasteiger partial charge >= 0.3 is 6.03 Å². The first-order valence-corrected chi connectivity index (χ1v) is 13.0. The molecule has 2 aliphatic heterocycles. The summed E-state index contributed by atoms with van der Waals surface area (Å²) < 4.78 is 5.46. The van der Waals surface area contributed by atoms with Gasteiger partial charge < -0.3 is 25.2 Å². The minimum absolute atomic E-state index is 0.106. The summed E-state index contributed by atoms with van der Waals surface area (Å²) >= 11 is 0. The third kappa shape index (κ3) is 6.77. The van der Waals surface area contributed by atoms with Crippen molar-refractivity contribution in [2.75, 3.05) is 44.6 Å². The van der Waals surface area contributed by atoms with Crippen LogP contribution in [0.25, 0.3) is 0 Å². The number of hydrogen-bond donors (Lipinski definition) is 2. The fourth-order valence-electron chi connectivity index (χ4n) is 4.89. The Kier molecular flexibility index (Phi) is 8.81. The van der Waals surface area contributed by atoms with Gasteiger partial charge in [-0.1, -0.05) is 12.1 Å². The fraction of sp³-hybridized carbons (Fsp3) is 0.464. The first kappa shape index (κ1) is 25.5. The van der Waals surface area contributed by atoms with Crippen LogP contribution in [0.3, 0.4) is 0 Å². The van der Waals surface area contributed by atoms with Crippen LogP contribution in [0.4, 0.5) is 10.5 Å². The second-order valence-electron chi connectivity index (χ2n) is 9.39. The molecule has 0 radical (unpaired) electrons. The number of anilines is 1. The summed E-state index contributed by atoms with van der Waals surface area (Å²) in [5.41, 5.74) is 2.43. The third-order valence-electron chi connectivity index (χ3n) is 6.81. The molecule has 8 heteroatoms. The highest BCUT2D eigenvalue weighted by Gasteiger charge is 2.25. The average Bonchev–Trinajstić information content (AvgIpc) is 3.32. The van der Waals surface area contributed by atoms with Gasteiger partial charge in [-0.15, -0.1) is 0 Å². The quantitative estimate of drug-likeness (QED) is 0.513. The molecule has 2 aromatic carbocycles. The first-order valence-electron chi connectivity index (χ1n) is 13.0. The molecule has 1 atom stereocenters. The van der Waals surface area contributed by atoms with Gasteiger partial charge in [0.15, 0.2) is 0 Å². The number of amides is 4. The maximum atomic E-state index is 12.9. The molecule has 36 heavy (non-hydrogen) atoms. The largest absolute Gasteiger partial charge is 0.494 e. The standard InChI is InChI=1S/C28H36N4O4/c1-2-36-25-13-11-24(12-14-25)30-28(35)32-17-4-9-23(20-32)21-7-3-8-22(19-21)27(34)29-15-6-18-31-16-5-10-26(31)33/h3,7-8,11-14,19,23H,2,4-6,9-10,15-18,20H2,1H3,(H,29,34)(H,30,35)/t23-/m0/s1. The van der Waals surface area contributed by atoms with Gasteiger partial charge in [-0.05, 0) is 74.6 Å². The normalized spacial score (nSPS) is 17.7. The summed E-state index contributed by atoms with van der Waals surface area (Å²) in [6.45, 7) is 5.91. The molecular weight excluding hydrogens is 456 g/mol. The summed E-state index contributed by atoms with van der Waals surface area (Å²) in [7, 11) is 0. The Morgan fingerprint density at radius 1 is 1.08 bits per heavy atom. The number of piperidine rings is 1. The monoisotopic (exact) mass is 492 g/mol. The molecular formula is C28H36N4O4. The lowest BCUT2D eigenvalue weighted by Crippen LogP contribution is -2.41.